The Morgan fingerprint density at radius 2 is 1.83 bits per heavy atom. The fourth-order valence-electron chi connectivity index (χ4n) is 2.69. The molecule has 0 amide bonds. The van der Waals surface area contributed by atoms with Gasteiger partial charge in [-0.05, 0) is 25.0 Å². The number of ketones is 1. The van der Waals surface area contributed by atoms with E-state index in [-0.39, 0.29) is 11.2 Å². The number of carbonyl (C=O) groups is 1. The van der Waals surface area contributed by atoms with Gasteiger partial charge in [0.05, 0.1) is 19.8 Å². The fraction of sp³-hybridized carbons (Fsp3) is 0.533. The first kappa shape index (κ1) is 12.9. The lowest BCUT2D eigenvalue weighted by Crippen LogP contribution is -2.24. The highest BCUT2D eigenvalue weighted by molar-refractivity contribution is 6.02. The topological polar surface area (TPSA) is 35.5 Å². The third-order valence-corrected chi connectivity index (χ3v) is 3.91. The van der Waals surface area contributed by atoms with Crippen molar-refractivity contribution in [2.24, 2.45) is 5.41 Å². The molecule has 0 saturated heterocycles. The minimum Gasteiger partial charge on any atom is -0.497 e. The van der Waals surface area contributed by atoms with E-state index in [1.165, 1.54) is 0 Å². The molecule has 18 heavy (non-hydrogen) atoms. The molecule has 3 heteroatoms. The van der Waals surface area contributed by atoms with Crippen molar-refractivity contribution in [1.29, 1.82) is 0 Å². The zero-order valence-electron chi connectivity index (χ0n) is 11.3. The zero-order chi connectivity index (χ0) is 13.2. The molecule has 0 aromatic heterocycles. The van der Waals surface area contributed by atoms with E-state index in [1.807, 2.05) is 12.1 Å². The molecule has 1 aromatic carbocycles. The molecule has 0 aliphatic heterocycles. The summed E-state index contributed by atoms with van der Waals surface area (Å²) in [7, 11) is 3.19. The summed E-state index contributed by atoms with van der Waals surface area (Å²) in [5, 5.41) is 0. The smallest absolute Gasteiger partial charge is 0.172 e. The van der Waals surface area contributed by atoms with Crippen LogP contribution in [0.15, 0.2) is 18.2 Å². The lowest BCUT2D eigenvalue weighted by atomic mass is 9.80. The monoisotopic (exact) mass is 248 g/mol. The summed E-state index contributed by atoms with van der Waals surface area (Å²) in [5.74, 6) is 1.51. The Labute approximate surface area is 108 Å². The third-order valence-electron chi connectivity index (χ3n) is 3.91. The molecule has 0 N–H and O–H groups in total. The molecule has 98 valence electrons. The Morgan fingerprint density at radius 1 is 1.17 bits per heavy atom. The average Bonchev–Trinajstić information content (AvgIpc) is 2.85. The fourth-order valence-corrected chi connectivity index (χ4v) is 2.69. The van der Waals surface area contributed by atoms with Gasteiger partial charge in [0, 0.05) is 11.5 Å². The number of Topliss-reactive ketones (excluding diaryl/α,β-unsaturated/α-hetero) is 1. The number of carbonyl (C=O) groups excluding carboxylic acids is 1. The number of hydrogen-bond donors (Lipinski definition) is 0. The van der Waals surface area contributed by atoms with E-state index >= 15 is 0 Å². The van der Waals surface area contributed by atoms with E-state index in [4.69, 9.17) is 9.47 Å². The van der Waals surface area contributed by atoms with Crippen LogP contribution in [0.3, 0.4) is 0 Å². The Kier molecular flexibility index (Phi) is 3.60. The molecule has 2 rings (SSSR count). The zero-order valence-corrected chi connectivity index (χ0v) is 11.3. The van der Waals surface area contributed by atoms with Gasteiger partial charge in [0.2, 0.25) is 0 Å². The molecule has 0 spiro atoms. The maximum atomic E-state index is 12.6. The van der Waals surface area contributed by atoms with Crippen LogP contribution in [-0.2, 0) is 0 Å². The van der Waals surface area contributed by atoms with Crippen LogP contribution in [-0.4, -0.2) is 20.0 Å². The molecule has 1 fully saturated rings. The summed E-state index contributed by atoms with van der Waals surface area (Å²) in [6.07, 6.45) is 4.23. The van der Waals surface area contributed by atoms with Gasteiger partial charge in [-0.2, -0.15) is 0 Å². The first-order valence-corrected chi connectivity index (χ1v) is 6.37. The molecule has 0 unspecified atom stereocenters. The number of ether oxygens (including phenoxy) is 2. The van der Waals surface area contributed by atoms with Gasteiger partial charge < -0.3 is 9.47 Å². The van der Waals surface area contributed by atoms with Crippen molar-refractivity contribution in [3.8, 4) is 11.5 Å². The molecule has 1 aliphatic rings. The Balaban J connectivity index is 2.35. The predicted molar refractivity (Wildman–Crippen MR) is 70.5 cm³/mol. The lowest BCUT2D eigenvalue weighted by molar-refractivity contribution is 0.0820. The van der Waals surface area contributed by atoms with E-state index in [1.54, 1.807) is 20.3 Å². The van der Waals surface area contributed by atoms with E-state index in [2.05, 4.69) is 6.92 Å². The summed E-state index contributed by atoms with van der Waals surface area (Å²) >= 11 is 0. The highest BCUT2D eigenvalue weighted by Crippen LogP contribution is 2.42. The van der Waals surface area contributed by atoms with Crippen LogP contribution in [0, 0.1) is 5.41 Å². The largest absolute Gasteiger partial charge is 0.497 e. The van der Waals surface area contributed by atoms with Crippen LogP contribution in [0.25, 0.3) is 0 Å². The molecule has 1 aromatic rings. The number of methoxy groups -OCH3 is 2. The van der Waals surface area contributed by atoms with Gasteiger partial charge in [-0.3, -0.25) is 4.79 Å². The van der Waals surface area contributed by atoms with E-state index < -0.39 is 0 Å². The molecular formula is C15H20O3. The Hall–Kier alpha value is -1.51. The first-order chi connectivity index (χ1) is 8.60. The van der Waals surface area contributed by atoms with Gasteiger partial charge in [0.15, 0.2) is 5.78 Å². The number of rotatable bonds is 4. The van der Waals surface area contributed by atoms with E-state index in [0.717, 1.165) is 25.7 Å². The lowest BCUT2D eigenvalue weighted by Gasteiger charge is -2.23. The van der Waals surface area contributed by atoms with Crippen molar-refractivity contribution < 1.29 is 14.3 Å². The van der Waals surface area contributed by atoms with E-state index in [9.17, 15) is 4.79 Å². The number of hydrogen-bond acceptors (Lipinski definition) is 3. The minimum atomic E-state index is -0.220. The first-order valence-electron chi connectivity index (χ1n) is 6.37. The highest BCUT2D eigenvalue weighted by Gasteiger charge is 2.37. The molecule has 0 atom stereocenters. The maximum Gasteiger partial charge on any atom is 0.172 e. The second kappa shape index (κ2) is 5.01. The normalized spacial score (nSPS) is 17.5. The number of benzene rings is 1. The van der Waals surface area contributed by atoms with Crippen LogP contribution in [0.2, 0.25) is 0 Å². The van der Waals surface area contributed by atoms with Crippen LogP contribution in [0.4, 0.5) is 0 Å². The van der Waals surface area contributed by atoms with Crippen molar-refractivity contribution in [2.45, 2.75) is 32.6 Å². The second-order valence-electron chi connectivity index (χ2n) is 5.16. The molecule has 1 saturated carbocycles. The van der Waals surface area contributed by atoms with Gasteiger partial charge in [-0.25, -0.2) is 0 Å². The summed E-state index contributed by atoms with van der Waals surface area (Å²) in [4.78, 5) is 12.6. The SMILES string of the molecule is COc1ccc(C(=O)C2(C)CCCC2)c(OC)c1. The van der Waals surface area contributed by atoms with Crippen LogP contribution >= 0.6 is 0 Å². The summed E-state index contributed by atoms with van der Waals surface area (Å²) < 4.78 is 10.5. The third kappa shape index (κ3) is 2.22. The van der Waals surface area contributed by atoms with Crippen molar-refractivity contribution >= 4 is 5.78 Å². The minimum absolute atomic E-state index is 0.194. The highest BCUT2D eigenvalue weighted by atomic mass is 16.5. The van der Waals surface area contributed by atoms with Crippen molar-refractivity contribution in [1.82, 2.24) is 0 Å². The van der Waals surface area contributed by atoms with Gasteiger partial charge in [0.25, 0.3) is 0 Å². The molecule has 1 aliphatic carbocycles. The van der Waals surface area contributed by atoms with Gasteiger partial charge in [-0.1, -0.05) is 19.8 Å². The van der Waals surface area contributed by atoms with Crippen molar-refractivity contribution in [2.75, 3.05) is 14.2 Å². The molecular weight excluding hydrogens is 228 g/mol. The maximum absolute atomic E-state index is 12.6. The average molecular weight is 248 g/mol. The quantitative estimate of drug-likeness (QED) is 0.765. The van der Waals surface area contributed by atoms with Crippen LogP contribution < -0.4 is 9.47 Å². The Morgan fingerprint density at radius 3 is 2.39 bits per heavy atom. The summed E-state index contributed by atoms with van der Waals surface area (Å²) in [6, 6.07) is 5.39. The summed E-state index contributed by atoms with van der Waals surface area (Å²) in [5.41, 5.74) is 0.449. The van der Waals surface area contributed by atoms with Crippen LogP contribution in [0.1, 0.15) is 43.0 Å². The van der Waals surface area contributed by atoms with Gasteiger partial charge in [0.1, 0.15) is 11.5 Å². The molecule has 0 bridgehead atoms. The van der Waals surface area contributed by atoms with Crippen molar-refractivity contribution in [3.05, 3.63) is 23.8 Å². The molecule has 0 radical (unpaired) electrons. The van der Waals surface area contributed by atoms with Gasteiger partial charge in [-0.15, -0.1) is 0 Å². The Bertz CT molecular complexity index is 445. The van der Waals surface area contributed by atoms with E-state index in [0.29, 0.717) is 17.1 Å². The van der Waals surface area contributed by atoms with Gasteiger partial charge >= 0.3 is 0 Å². The molecule has 0 heterocycles. The van der Waals surface area contributed by atoms with Crippen molar-refractivity contribution in [3.63, 3.8) is 0 Å². The molecule has 3 nitrogen and oxygen atoms in total. The predicted octanol–water partition coefficient (Wildman–Crippen LogP) is 3.47. The van der Waals surface area contributed by atoms with Crippen LogP contribution in [0.5, 0.6) is 11.5 Å². The second-order valence-corrected chi connectivity index (χ2v) is 5.16. The summed E-state index contributed by atoms with van der Waals surface area (Å²) in [6.45, 7) is 2.06. The standard InChI is InChI=1S/C15H20O3/c1-15(8-4-5-9-15)14(16)12-7-6-11(17-2)10-13(12)18-3/h6-7,10H,4-5,8-9H2,1-3H3.